The van der Waals surface area contributed by atoms with Gasteiger partial charge in [0, 0.05) is 29.8 Å². The molecule has 0 aliphatic rings. The number of hydrogen-bond donors (Lipinski definition) is 0. The van der Waals surface area contributed by atoms with Crippen LogP contribution in [0, 0.1) is 0 Å². The first-order chi connectivity index (χ1) is 13.6. The van der Waals surface area contributed by atoms with Gasteiger partial charge in [-0.15, -0.1) is 0 Å². The number of fused-ring (bicyclic) bond motifs is 1. The summed E-state index contributed by atoms with van der Waals surface area (Å²) >= 11 is 3.52. The number of likely N-dealkylation sites (N-methyl/N-ethyl adjacent to an activating group) is 1. The van der Waals surface area contributed by atoms with Crippen LogP contribution in [0.15, 0.2) is 46.9 Å². The van der Waals surface area contributed by atoms with Gasteiger partial charge in [0.2, 0.25) is 0 Å². The molecule has 0 spiro atoms. The van der Waals surface area contributed by atoms with Crippen LogP contribution in [0.25, 0.3) is 22.4 Å². The molecule has 0 fully saturated rings. The van der Waals surface area contributed by atoms with Gasteiger partial charge in [-0.2, -0.15) is 0 Å². The Kier molecular flexibility index (Phi) is 6.17. The normalized spacial score (nSPS) is 11.5. The van der Waals surface area contributed by atoms with E-state index in [1.807, 2.05) is 64.0 Å². The van der Waals surface area contributed by atoms with Gasteiger partial charge in [0.1, 0.15) is 18.0 Å². The van der Waals surface area contributed by atoms with Crippen molar-refractivity contribution in [1.82, 2.24) is 9.55 Å². The van der Waals surface area contributed by atoms with Gasteiger partial charge < -0.3 is 18.9 Å². The SMILES string of the molecule is CN(CCOC(=O)OC(C)(C)C)c1ccc(-c2nc3ccc(Br)cc3n2C)cc1. The minimum absolute atomic E-state index is 0.257. The Hall–Kier alpha value is -2.54. The highest BCUT2D eigenvalue weighted by molar-refractivity contribution is 9.10. The fourth-order valence-electron chi connectivity index (χ4n) is 2.96. The standard InChI is InChI=1S/C22H26BrN3O3/c1-22(2,3)29-21(27)28-13-12-25(4)17-9-6-15(7-10-17)20-24-18-11-8-16(23)14-19(18)26(20)5/h6-11,14H,12-13H2,1-5H3. The van der Waals surface area contributed by atoms with Crippen molar-refractivity contribution in [3.05, 3.63) is 46.9 Å². The summed E-state index contributed by atoms with van der Waals surface area (Å²) in [4.78, 5) is 18.4. The quantitative estimate of drug-likeness (QED) is 0.478. The molecule has 0 saturated heterocycles. The number of imidazole rings is 1. The maximum atomic E-state index is 11.6. The molecule has 0 radical (unpaired) electrons. The molecule has 0 unspecified atom stereocenters. The second kappa shape index (κ2) is 8.45. The molecule has 0 N–H and O–H groups in total. The second-order valence-electron chi connectivity index (χ2n) is 7.91. The summed E-state index contributed by atoms with van der Waals surface area (Å²) in [7, 11) is 3.98. The number of ether oxygens (including phenoxy) is 2. The molecule has 1 heterocycles. The van der Waals surface area contributed by atoms with Crippen molar-refractivity contribution in [3.8, 4) is 11.4 Å². The third-order valence-corrected chi connectivity index (χ3v) is 4.94. The maximum Gasteiger partial charge on any atom is 0.508 e. The van der Waals surface area contributed by atoms with E-state index in [0.29, 0.717) is 6.54 Å². The first-order valence-electron chi connectivity index (χ1n) is 9.43. The summed E-state index contributed by atoms with van der Waals surface area (Å²) in [5.41, 5.74) is 3.57. The van der Waals surface area contributed by atoms with Gasteiger partial charge in [-0.25, -0.2) is 9.78 Å². The van der Waals surface area contributed by atoms with Crippen LogP contribution < -0.4 is 4.90 Å². The summed E-state index contributed by atoms with van der Waals surface area (Å²) in [6.07, 6.45) is -0.644. The number of benzene rings is 2. The summed E-state index contributed by atoms with van der Waals surface area (Å²) in [6, 6.07) is 14.3. The van der Waals surface area contributed by atoms with Gasteiger partial charge in [0.05, 0.1) is 17.6 Å². The van der Waals surface area contributed by atoms with Gasteiger partial charge >= 0.3 is 6.16 Å². The van der Waals surface area contributed by atoms with Crippen LogP contribution in [0.4, 0.5) is 10.5 Å². The fraction of sp³-hybridized carbons (Fsp3) is 0.364. The van der Waals surface area contributed by atoms with Crippen LogP contribution in [-0.4, -0.2) is 41.5 Å². The molecule has 0 aliphatic carbocycles. The molecule has 29 heavy (non-hydrogen) atoms. The summed E-state index contributed by atoms with van der Waals surface area (Å²) in [6.45, 7) is 6.26. The number of rotatable bonds is 5. The molecule has 154 valence electrons. The van der Waals surface area contributed by atoms with Gasteiger partial charge in [-0.3, -0.25) is 0 Å². The van der Waals surface area contributed by atoms with Crippen molar-refractivity contribution in [2.45, 2.75) is 26.4 Å². The zero-order valence-electron chi connectivity index (χ0n) is 17.4. The summed E-state index contributed by atoms with van der Waals surface area (Å²) in [5.74, 6) is 0.917. The smallest absolute Gasteiger partial charge is 0.432 e. The van der Waals surface area contributed by atoms with Crippen molar-refractivity contribution in [3.63, 3.8) is 0 Å². The lowest BCUT2D eigenvalue weighted by atomic mass is 10.2. The van der Waals surface area contributed by atoms with Crippen molar-refractivity contribution in [2.24, 2.45) is 7.05 Å². The Balaban J connectivity index is 1.64. The van der Waals surface area contributed by atoms with E-state index in [9.17, 15) is 4.79 Å². The lowest BCUT2D eigenvalue weighted by Crippen LogP contribution is -2.28. The highest BCUT2D eigenvalue weighted by Gasteiger charge is 2.17. The summed E-state index contributed by atoms with van der Waals surface area (Å²) < 4.78 is 13.4. The van der Waals surface area contributed by atoms with E-state index in [4.69, 9.17) is 14.5 Å². The molecule has 2 aromatic carbocycles. The molecule has 6 nitrogen and oxygen atoms in total. The lowest BCUT2D eigenvalue weighted by molar-refractivity contribution is -0.00588. The minimum Gasteiger partial charge on any atom is -0.432 e. The number of halogens is 1. The molecule has 0 amide bonds. The van der Waals surface area contributed by atoms with Crippen LogP contribution >= 0.6 is 15.9 Å². The van der Waals surface area contributed by atoms with E-state index in [-0.39, 0.29) is 6.61 Å². The van der Waals surface area contributed by atoms with Crippen LogP contribution in [0.3, 0.4) is 0 Å². The molecule has 3 aromatic rings. The number of aromatic nitrogens is 2. The minimum atomic E-state index is -0.644. The zero-order chi connectivity index (χ0) is 21.2. The largest absolute Gasteiger partial charge is 0.508 e. The number of carbonyl (C=O) groups is 1. The second-order valence-corrected chi connectivity index (χ2v) is 8.82. The van der Waals surface area contributed by atoms with E-state index < -0.39 is 11.8 Å². The zero-order valence-corrected chi connectivity index (χ0v) is 19.0. The number of anilines is 1. The van der Waals surface area contributed by atoms with E-state index in [1.165, 1.54) is 0 Å². The maximum absolute atomic E-state index is 11.6. The van der Waals surface area contributed by atoms with E-state index in [2.05, 4.69) is 38.7 Å². The topological polar surface area (TPSA) is 56.6 Å². The lowest BCUT2D eigenvalue weighted by Gasteiger charge is -2.21. The summed E-state index contributed by atoms with van der Waals surface area (Å²) in [5, 5.41) is 0. The molecular weight excluding hydrogens is 434 g/mol. The van der Waals surface area contributed by atoms with Crippen LogP contribution in [-0.2, 0) is 16.5 Å². The number of carbonyl (C=O) groups excluding carboxylic acids is 1. The fourth-order valence-corrected chi connectivity index (χ4v) is 3.31. The molecule has 0 aliphatic heterocycles. The van der Waals surface area contributed by atoms with Gasteiger partial charge in [-0.05, 0) is 63.2 Å². The Morgan fingerprint density at radius 2 is 1.86 bits per heavy atom. The van der Waals surface area contributed by atoms with Crippen molar-refractivity contribution < 1.29 is 14.3 Å². The van der Waals surface area contributed by atoms with E-state index in [0.717, 1.165) is 32.6 Å². The first kappa shape index (κ1) is 21.2. The Labute approximate surface area is 179 Å². The van der Waals surface area contributed by atoms with Gasteiger partial charge in [0.15, 0.2) is 0 Å². The van der Waals surface area contributed by atoms with Crippen molar-refractivity contribution >= 4 is 38.8 Å². The molecule has 0 atom stereocenters. The number of hydrogen-bond acceptors (Lipinski definition) is 5. The predicted octanol–water partition coefficient (Wildman–Crippen LogP) is 5.39. The average Bonchev–Trinajstić information content (AvgIpc) is 2.96. The van der Waals surface area contributed by atoms with Gasteiger partial charge in [-0.1, -0.05) is 15.9 Å². The Morgan fingerprint density at radius 1 is 1.17 bits per heavy atom. The molecule has 3 rings (SSSR count). The molecule has 0 saturated carbocycles. The van der Waals surface area contributed by atoms with E-state index in [1.54, 1.807) is 0 Å². The van der Waals surface area contributed by atoms with E-state index >= 15 is 0 Å². The van der Waals surface area contributed by atoms with Crippen LogP contribution in [0.2, 0.25) is 0 Å². The Morgan fingerprint density at radius 3 is 2.52 bits per heavy atom. The number of aryl methyl sites for hydroxylation is 1. The van der Waals surface area contributed by atoms with Crippen LogP contribution in [0.5, 0.6) is 0 Å². The number of nitrogens with zero attached hydrogens (tertiary/aromatic N) is 3. The highest BCUT2D eigenvalue weighted by atomic mass is 79.9. The molecule has 0 bridgehead atoms. The van der Waals surface area contributed by atoms with Crippen molar-refractivity contribution in [2.75, 3.05) is 25.1 Å². The monoisotopic (exact) mass is 459 g/mol. The van der Waals surface area contributed by atoms with Crippen LogP contribution in [0.1, 0.15) is 20.8 Å². The highest BCUT2D eigenvalue weighted by Crippen LogP contribution is 2.27. The predicted molar refractivity (Wildman–Crippen MR) is 119 cm³/mol. The first-order valence-corrected chi connectivity index (χ1v) is 10.2. The molecule has 1 aromatic heterocycles. The van der Waals surface area contributed by atoms with Crippen molar-refractivity contribution in [1.29, 1.82) is 0 Å². The third-order valence-electron chi connectivity index (χ3n) is 4.45. The molecule has 7 heteroatoms. The average molecular weight is 460 g/mol. The van der Waals surface area contributed by atoms with Gasteiger partial charge in [0.25, 0.3) is 0 Å². The molecular formula is C22H26BrN3O3. The third kappa shape index (κ3) is 5.29. The Bertz CT molecular complexity index is 1010.